The molecule has 0 fully saturated rings. The van der Waals surface area contributed by atoms with Crippen LogP contribution in [0.4, 0.5) is 0 Å². The zero-order valence-corrected chi connectivity index (χ0v) is 10.5. The maximum absolute atomic E-state index is 5.63. The van der Waals surface area contributed by atoms with E-state index in [0.717, 1.165) is 13.2 Å². The maximum atomic E-state index is 5.63. The van der Waals surface area contributed by atoms with Gasteiger partial charge in [0.15, 0.2) is 0 Å². The van der Waals surface area contributed by atoms with Crippen molar-refractivity contribution in [2.24, 2.45) is 0 Å². The summed E-state index contributed by atoms with van der Waals surface area (Å²) in [5.74, 6) is 0. The number of unbranched alkanes of at least 4 members (excludes halogenated alkanes) is 5. The molecule has 1 rings (SSSR count). The third-order valence-electron chi connectivity index (χ3n) is 2.75. The second kappa shape index (κ2) is 12.6. The molecular weight excluding hydrogens is 219 g/mol. The molecule has 2 heteroatoms. The first kappa shape index (κ1) is 17.2. The van der Waals surface area contributed by atoms with Crippen LogP contribution in [0.1, 0.15) is 51.0 Å². The van der Waals surface area contributed by atoms with E-state index in [-0.39, 0.29) is 29.6 Å². The first-order valence-electron chi connectivity index (χ1n) is 6.55. The number of hydrogen-bond acceptors (Lipinski definition) is 1. The molecule has 0 N–H and O–H groups in total. The van der Waals surface area contributed by atoms with Crippen molar-refractivity contribution in [2.45, 2.75) is 52.1 Å². The number of rotatable bonds is 9. The van der Waals surface area contributed by atoms with E-state index in [1.807, 2.05) is 6.07 Å². The Bertz CT molecular complexity index is 248. The average molecular weight is 244 g/mol. The summed E-state index contributed by atoms with van der Waals surface area (Å²) >= 11 is 0. The Morgan fingerprint density at radius 2 is 1.53 bits per heavy atom. The Labute approximate surface area is 128 Å². The summed E-state index contributed by atoms with van der Waals surface area (Å²) in [4.78, 5) is 0. The predicted molar refractivity (Wildman–Crippen MR) is 76.6 cm³/mol. The van der Waals surface area contributed by atoms with E-state index in [0.29, 0.717) is 0 Å². The van der Waals surface area contributed by atoms with Gasteiger partial charge in [-0.15, -0.1) is 0 Å². The summed E-state index contributed by atoms with van der Waals surface area (Å²) in [6.07, 6.45) is 7.97. The number of hydrogen-bond donors (Lipinski definition) is 0. The molecule has 1 nitrogen and oxygen atoms in total. The summed E-state index contributed by atoms with van der Waals surface area (Å²) in [5.41, 5.74) is 1.27. The molecule has 0 aliphatic heterocycles. The third kappa shape index (κ3) is 9.84. The summed E-state index contributed by atoms with van der Waals surface area (Å²) in [7, 11) is 0. The van der Waals surface area contributed by atoms with Gasteiger partial charge in [-0.3, -0.25) is 0 Å². The van der Waals surface area contributed by atoms with Gasteiger partial charge in [-0.05, 0) is 12.0 Å². The first-order valence-corrected chi connectivity index (χ1v) is 6.55. The van der Waals surface area contributed by atoms with E-state index in [4.69, 9.17) is 4.74 Å². The van der Waals surface area contributed by atoms with Crippen LogP contribution in [0.5, 0.6) is 0 Å². The van der Waals surface area contributed by atoms with E-state index in [1.54, 1.807) is 0 Å². The topological polar surface area (TPSA) is 9.23 Å². The van der Waals surface area contributed by atoms with Crippen LogP contribution in [-0.2, 0) is 11.3 Å². The normalized spacial score (nSPS) is 9.94. The fraction of sp³-hybridized carbons (Fsp3) is 0.600. The zero-order chi connectivity index (χ0) is 11.5. The molecule has 0 aliphatic rings. The fourth-order valence-electron chi connectivity index (χ4n) is 1.75. The van der Waals surface area contributed by atoms with Gasteiger partial charge >= 0.3 is 29.6 Å². The van der Waals surface area contributed by atoms with Gasteiger partial charge in [0.1, 0.15) is 0 Å². The van der Waals surface area contributed by atoms with E-state index in [9.17, 15) is 0 Å². The molecule has 92 valence electrons. The van der Waals surface area contributed by atoms with Gasteiger partial charge in [-0.1, -0.05) is 69.4 Å². The van der Waals surface area contributed by atoms with Crippen LogP contribution >= 0.6 is 0 Å². The molecule has 0 heterocycles. The summed E-state index contributed by atoms with van der Waals surface area (Å²) in [6, 6.07) is 10.4. The van der Waals surface area contributed by atoms with Gasteiger partial charge in [0.2, 0.25) is 0 Å². The van der Waals surface area contributed by atoms with Gasteiger partial charge in [-0.2, -0.15) is 0 Å². The molecule has 1 aromatic carbocycles. The zero-order valence-electron chi connectivity index (χ0n) is 10.5. The van der Waals surface area contributed by atoms with Crippen molar-refractivity contribution in [3.8, 4) is 0 Å². The molecule has 0 saturated carbocycles. The average Bonchev–Trinajstić information content (AvgIpc) is 2.34. The van der Waals surface area contributed by atoms with Crippen molar-refractivity contribution in [1.29, 1.82) is 0 Å². The van der Waals surface area contributed by atoms with Crippen LogP contribution < -0.4 is 0 Å². The van der Waals surface area contributed by atoms with Gasteiger partial charge in [0, 0.05) is 6.61 Å². The Morgan fingerprint density at radius 3 is 2.24 bits per heavy atom. The van der Waals surface area contributed by atoms with Crippen LogP contribution in [0.2, 0.25) is 0 Å². The van der Waals surface area contributed by atoms with Crippen molar-refractivity contribution < 1.29 is 4.74 Å². The van der Waals surface area contributed by atoms with Crippen LogP contribution in [-0.4, -0.2) is 36.2 Å². The molecule has 0 radical (unpaired) electrons. The van der Waals surface area contributed by atoms with Gasteiger partial charge < -0.3 is 4.74 Å². The van der Waals surface area contributed by atoms with E-state index in [1.165, 1.54) is 44.1 Å². The molecule has 0 aliphatic carbocycles. The van der Waals surface area contributed by atoms with Crippen LogP contribution in [0, 0.1) is 0 Å². The third-order valence-corrected chi connectivity index (χ3v) is 2.75. The van der Waals surface area contributed by atoms with Gasteiger partial charge in [-0.25, -0.2) is 0 Å². The van der Waals surface area contributed by atoms with Gasteiger partial charge in [0.05, 0.1) is 6.61 Å². The Balaban J connectivity index is 0.00000256. The Kier molecular flexibility index (Phi) is 12.8. The van der Waals surface area contributed by atoms with Crippen molar-refractivity contribution in [1.82, 2.24) is 0 Å². The van der Waals surface area contributed by atoms with Crippen LogP contribution in [0.25, 0.3) is 0 Å². The second-order valence-electron chi connectivity index (χ2n) is 4.31. The van der Waals surface area contributed by atoms with Crippen molar-refractivity contribution in [3.05, 3.63) is 35.9 Å². The molecule has 0 spiro atoms. The number of benzene rings is 1. The molecule has 1 aromatic rings. The quantitative estimate of drug-likeness (QED) is 0.472. The second-order valence-corrected chi connectivity index (χ2v) is 4.31. The Hall–Kier alpha value is 0.180. The minimum absolute atomic E-state index is 0. The van der Waals surface area contributed by atoms with E-state index < -0.39 is 0 Å². The summed E-state index contributed by atoms with van der Waals surface area (Å²) in [5, 5.41) is 0. The molecule has 17 heavy (non-hydrogen) atoms. The van der Waals surface area contributed by atoms with E-state index >= 15 is 0 Å². The number of ether oxygens (including phenoxy) is 1. The first-order chi connectivity index (χ1) is 7.93. The minimum atomic E-state index is 0. The SMILES string of the molecule is CCCCCCCCOCc1ccccc1.[NaH]. The van der Waals surface area contributed by atoms with Crippen molar-refractivity contribution in [3.63, 3.8) is 0 Å². The van der Waals surface area contributed by atoms with E-state index in [2.05, 4.69) is 31.2 Å². The van der Waals surface area contributed by atoms with Crippen molar-refractivity contribution in [2.75, 3.05) is 6.61 Å². The molecule has 0 unspecified atom stereocenters. The molecular formula is C15H25NaO. The van der Waals surface area contributed by atoms with Crippen LogP contribution in [0.3, 0.4) is 0 Å². The van der Waals surface area contributed by atoms with Crippen molar-refractivity contribution >= 4 is 29.6 Å². The molecule has 0 bridgehead atoms. The summed E-state index contributed by atoms with van der Waals surface area (Å²) in [6.45, 7) is 3.92. The van der Waals surface area contributed by atoms with Gasteiger partial charge in [0.25, 0.3) is 0 Å². The molecule has 0 amide bonds. The van der Waals surface area contributed by atoms with Crippen LogP contribution in [0.15, 0.2) is 30.3 Å². The summed E-state index contributed by atoms with van der Waals surface area (Å²) < 4.78 is 5.63. The molecule has 0 saturated heterocycles. The molecule has 0 aromatic heterocycles. The predicted octanol–water partition coefficient (Wildman–Crippen LogP) is 3.92. The standard InChI is InChI=1S/C15H24O.Na.H/c1-2-3-4-5-6-10-13-16-14-15-11-8-7-9-12-15;;/h7-9,11-12H,2-6,10,13-14H2,1H3;;. The monoisotopic (exact) mass is 244 g/mol. The Morgan fingerprint density at radius 1 is 0.882 bits per heavy atom. The fourth-order valence-corrected chi connectivity index (χ4v) is 1.75. The molecule has 0 atom stereocenters.